The Morgan fingerprint density at radius 1 is 1.18 bits per heavy atom. The number of hydrogen-bond donors (Lipinski definition) is 2. The second kappa shape index (κ2) is 8.24. The maximum atomic E-state index is 12.4. The van der Waals surface area contributed by atoms with Crippen molar-refractivity contribution >= 4 is 40.2 Å². The van der Waals surface area contributed by atoms with Crippen LogP contribution in [-0.2, 0) is 16.0 Å². The number of hydrogen-bond acceptors (Lipinski definition) is 5. The zero-order valence-corrected chi connectivity index (χ0v) is 17.1. The van der Waals surface area contributed by atoms with Crippen molar-refractivity contribution in [3.63, 3.8) is 0 Å². The summed E-state index contributed by atoms with van der Waals surface area (Å²) in [6.45, 7) is 1.95. The number of thiophene rings is 1. The normalized spacial score (nSPS) is 14.5. The van der Waals surface area contributed by atoms with Crippen molar-refractivity contribution in [1.82, 2.24) is 10.3 Å². The molecule has 1 aliphatic carbocycles. The molecular weight excluding hydrogens is 390 g/mol. The lowest BCUT2D eigenvalue weighted by molar-refractivity contribution is -0.121. The predicted molar refractivity (Wildman–Crippen MR) is 113 cm³/mol. The highest BCUT2D eigenvalue weighted by Gasteiger charge is 2.29. The van der Waals surface area contributed by atoms with Crippen molar-refractivity contribution in [2.45, 2.75) is 32.2 Å². The average molecular weight is 412 g/mol. The maximum absolute atomic E-state index is 12.4. The molecule has 1 atom stereocenters. The Balaban J connectivity index is 1.30. The van der Waals surface area contributed by atoms with Gasteiger partial charge in [-0.3, -0.25) is 9.59 Å². The highest BCUT2D eigenvalue weighted by atomic mass is 32.1. The summed E-state index contributed by atoms with van der Waals surface area (Å²) in [6.07, 6.45) is 2.24. The number of nitrogens with zero attached hydrogens (tertiary/aromatic N) is 1. The summed E-state index contributed by atoms with van der Waals surface area (Å²) in [4.78, 5) is 28.8. The van der Waals surface area contributed by atoms with E-state index in [0.29, 0.717) is 0 Å². The van der Waals surface area contributed by atoms with E-state index in [-0.39, 0.29) is 30.2 Å². The largest absolute Gasteiger partial charge is 0.349 e. The van der Waals surface area contributed by atoms with Gasteiger partial charge < -0.3 is 10.6 Å². The van der Waals surface area contributed by atoms with Crippen molar-refractivity contribution in [2.75, 3.05) is 5.32 Å². The van der Waals surface area contributed by atoms with Crippen LogP contribution in [0.2, 0.25) is 0 Å². The quantitative estimate of drug-likeness (QED) is 0.595. The van der Waals surface area contributed by atoms with E-state index >= 15 is 0 Å². The highest BCUT2D eigenvalue weighted by molar-refractivity contribution is 7.14. The van der Waals surface area contributed by atoms with Gasteiger partial charge in [0.25, 0.3) is 0 Å². The number of anilines is 1. The van der Waals surface area contributed by atoms with Crippen LogP contribution in [0, 0.1) is 5.92 Å². The van der Waals surface area contributed by atoms with Gasteiger partial charge >= 0.3 is 0 Å². The summed E-state index contributed by atoms with van der Waals surface area (Å²) >= 11 is 3.19. The number of benzene rings is 1. The molecule has 0 bridgehead atoms. The van der Waals surface area contributed by atoms with Crippen molar-refractivity contribution in [3.05, 3.63) is 57.7 Å². The SMILES string of the molecule is CC(NC(=O)Cc1csc(-c2ccsc2)n1)c1ccc(NC(=O)C2CC2)cc1. The van der Waals surface area contributed by atoms with Gasteiger partial charge in [-0.25, -0.2) is 4.98 Å². The molecular formula is C21H21N3O2S2. The third-order valence-corrected chi connectivity index (χ3v) is 6.29. The van der Waals surface area contributed by atoms with Gasteiger partial charge in [-0.2, -0.15) is 11.3 Å². The lowest BCUT2D eigenvalue weighted by Crippen LogP contribution is -2.28. The van der Waals surface area contributed by atoms with Crippen LogP contribution in [0.15, 0.2) is 46.5 Å². The lowest BCUT2D eigenvalue weighted by Gasteiger charge is -2.15. The Kier molecular flexibility index (Phi) is 5.54. The van der Waals surface area contributed by atoms with Gasteiger partial charge in [0, 0.05) is 27.9 Å². The lowest BCUT2D eigenvalue weighted by atomic mass is 10.1. The highest BCUT2D eigenvalue weighted by Crippen LogP contribution is 2.30. The van der Waals surface area contributed by atoms with E-state index in [1.807, 2.05) is 48.0 Å². The van der Waals surface area contributed by atoms with Gasteiger partial charge in [-0.05, 0) is 48.9 Å². The zero-order chi connectivity index (χ0) is 19.5. The molecule has 1 aromatic carbocycles. The molecule has 4 rings (SSSR count). The van der Waals surface area contributed by atoms with Gasteiger partial charge in [-0.15, -0.1) is 11.3 Å². The molecule has 0 spiro atoms. The topological polar surface area (TPSA) is 71.1 Å². The van der Waals surface area contributed by atoms with Crippen LogP contribution in [0.5, 0.6) is 0 Å². The fourth-order valence-electron chi connectivity index (χ4n) is 2.89. The molecule has 1 aliphatic rings. The van der Waals surface area contributed by atoms with Crippen LogP contribution in [0.3, 0.4) is 0 Å². The Morgan fingerprint density at radius 2 is 1.96 bits per heavy atom. The molecule has 1 fully saturated rings. The van der Waals surface area contributed by atoms with E-state index in [4.69, 9.17) is 0 Å². The molecule has 2 amide bonds. The van der Waals surface area contributed by atoms with Gasteiger partial charge in [0.05, 0.1) is 18.2 Å². The first kappa shape index (κ1) is 18.8. The second-order valence-corrected chi connectivity index (χ2v) is 8.65. The summed E-state index contributed by atoms with van der Waals surface area (Å²) in [5.41, 5.74) is 3.68. The van der Waals surface area contributed by atoms with Gasteiger partial charge in [0.1, 0.15) is 5.01 Å². The van der Waals surface area contributed by atoms with E-state index in [2.05, 4.69) is 21.0 Å². The van der Waals surface area contributed by atoms with Crippen LogP contribution < -0.4 is 10.6 Å². The minimum atomic E-state index is -0.115. The van der Waals surface area contributed by atoms with E-state index < -0.39 is 0 Å². The number of carbonyl (C=O) groups is 2. The van der Waals surface area contributed by atoms with Gasteiger partial charge in [-0.1, -0.05) is 12.1 Å². The summed E-state index contributed by atoms with van der Waals surface area (Å²) in [7, 11) is 0. The second-order valence-electron chi connectivity index (χ2n) is 7.01. The number of rotatable bonds is 7. The standard InChI is InChI=1S/C21H21N3O2S2/c1-13(14-4-6-17(7-5-14)23-20(26)15-2-3-15)22-19(25)10-18-12-28-21(24-18)16-8-9-27-11-16/h4-9,11-13,15H,2-3,10H2,1H3,(H,22,25)(H,23,26). The van der Waals surface area contributed by atoms with Crippen molar-refractivity contribution in [2.24, 2.45) is 5.92 Å². The van der Waals surface area contributed by atoms with Crippen molar-refractivity contribution in [1.29, 1.82) is 0 Å². The Bertz CT molecular complexity index is 960. The Labute approximate surface area is 171 Å². The van der Waals surface area contributed by atoms with Crippen LogP contribution >= 0.6 is 22.7 Å². The molecule has 0 aliphatic heterocycles. The first-order valence-electron chi connectivity index (χ1n) is 9.25. The zero-order valence-electron chi connectivity index (χ0n) is 15.5. The molecule has 28 heavy (non-hydrogen) atoms. The van der Waals surface area contributed by atoms with E-state index in [0.717, 1.165) is 40.4 Å². The molecule has 144 valence electrons. The monoisotopic (exact) mass is 411 g/mol. The maximum Gasteiger partial charge on any atom is 0.227 e. The molecule has 2 aromatic heterocycles. The summed E-state index contributed by atoms with van der Waals surface area (Å²) < 4.78 is 0. The molecule has 0 radical (unpaired) electrons. The molecule has 1 unspecified atom stereocenters. The summed E-state index contributed by atoms with van der Waals surface area (Å²) in [6, 6.07) is 9.55. The number of amides is 2. The molecule has 5 nitrogen and oxygen atoms in total. The minimum absolute atomic E-state index is 0.0548. The van der Waals surface area contributed by atoms with Crippen LogP contribution in [0.1, 0.15) is 37.1 Å². The average Bonchev–Trinajstić information content (AvgIpc) is 3.19. The van der Waals surface area contributed by atoms with Crippen molar-refractivity contribution in [3.8, 4) is 10.6 Å². The fourth-order valence-corrected chi connectivity index (χ4v) is 4.42. The minimum Gasteiger partial charge on any atom is -0.349 e. The van der Waals surface area contributed by atoms with Gasteiger partial charge in [0.2, 0.25) is 11.8 Å². The van der Waals surface area contributed by atoms with Crippen LogP contribution in [0.25, 0.3) is 10.6 Å². The van der Waals surface area contributed by atoms with Gasteiger partial charge in [0.15, 0.2) is 0 Å². The van der Waals surface area contributed by atoms with E-state index in [1.54, 1.807) is 22.7 Å². The number of carbonyl (C=O) groups excluding carboxylic acids is 2. The molecule has 2 N–H and O–H groups in total. The van der Waals surface area contributed by atoms with E-state index in [1.165, 1.54) is 0 Å². The smallest absolute Gasteiger partial charge is 0.227 e. The first-order valence-corrected chi connectivity index (χ1v) is 11.1. The number of thiazole rings is 1. The summed E-state index contributed by atoms with van der Waals surface area (Å²) in [5, 5.41) is 12.9. The molecule has 7 heteroatoms. The third-order valence-electron chi connectivity index (χ3n) is 4.67. The van der Waals surface area contributed by atoms with E-state index in [9.17, 15) is 9.59 Å². The molecule has 0 saturated heterocycles. The molecule has 1 saturated carbocycles. The summed E-state index contributed by atoms with van der Waals surface area (Å²) in [5.74, 6) is 0.226. The molecule has 2 heterocycles. The predicted octanol–water partition coefficient (Wildman–Crippen LogP) is 4.64. The third kappa shape index (κ3) is 4.66. The van der Waals surface area contributed by atoms with Crippen molar-refractivity contribution < 1.29 is 9.59 Å². The first-order chi connectivity index (χ1) is 13.6. The number of nitrogens with one attached hydrogen (secondary N) is 2. The molecule has 3 aromatic rings. The Hall–Kier alpha value is -2.51. The Morgan fingerprint density at radius 3 is 2.64 bits per heavy atom. The van der Waals surface area contributed by atoms with Crippen LogP contribution in [-0.4, -0.2) is 16.8 Å². The van der Waals surface area contributed by atoms with Crippen LogP contribution in [0.4, 0.5) is 5.69 Å². The fraction of sp³-hybridized carbons (Fsp3) is 0.286. The number of aromatic nitrogens is 1.